The van der Waals surface area contributed by atoms with Crippen LogP contribution in [-0.4, -0.2) is 10.9 Å². The van der Waals surface area contributed by atoms with Gasteiger partial charge in [-0.05, 0) is 68.6 Å². The average molecular weight is 400 g/mol. The van der Waals surface area contributed by atoms with Crippen LogP contribution in [0.25, 0.3) is 0 Å². The van der Waals surface area contributed by atoms with Crippen molar-refractivity contribution in [1.82, 2.24) is 4.98 Å². The number of hydrogen-bond acceptors (Lipinski definition) is 4. The molecule has 1 heterocycles. The molecule has 2 aromatic rings. The summed E-state index contributed by atoms with van der Waals surface area (Å²) >= 11 is 6.88. The molecule has 1 aromatic heterocycles. The summed E-state index contributed by atoms with van der Waals surface area (Å²) < 4.78 is 1.62. The van der Waals surface area contributed by atoms with E-state index in [1.54, 1.807) is 12.1 Å². The van der Waals surface area contributed by atoms with E-state index < -0.39 is 0 Å². The van der Waals surface area contributed by atoms with Gasteiger partial charge in [-0.25, -0.2) is 10.8 Å². The van der Waals surface area contributed by atoms with Gasteiger partial charge in [0, 0.05) is 20.7 Å². The second-order valence-corrected chi connectivity index (χ2v) is 5.84. The van der Waals surface area contributed by atoms with E-state index in [0.717, 1.165) is 14.5 Å². The number of carbonyl (C=O) groups is 1. The molecule has 7 heteroatoms. The monoisotopic (exact) mass is 398 g/mol. The number of nitrogen functional groups attached to an aromatic ring is 1. The molecule has 0 aliphatic rings. The highest BCUT2D eigenvalue weighted by Crippen LogP contribution is 2.32. The molecule has 2 rings (SSSR count). The van der Waals surface area contributed by atoms with Crippen molar-refractivity contribution in [2.45, 2.75) is 6.92 Å². The van der Waals surface area contributed by atoms with E-state index in [2.05, 4.69) is 47.6 Å². The van der Waals surface area contributed by atoms with Crippen LogP contribution >= 0.6 is 31.9 Å². The number of halogens is 2. The summed E-state index contributed by atoms with van der Waals surface area (Å²) in [6.45, 7) is 1.98. The molecule has 0 saturated heterocycles. The summed E-state index contributed by atoms with van der Waals surface area (Å²) in [5.41, 5.74) is 4.64. The minimum atomic E-state index is -0.242. The number of aryl methyl sites for hydroxylation is 1. The quantitative estimate of drug-likeness (QED) is 0.545. The standard InChI is InChI=1S/C13H12Br2N4O/c1-7-4-9(14)12(10(15)5-7)18-13(20)8-2-3-17-11(6-8)19-16/h2-6H,16H2,1H3,(H,17,19)(H,18,20). The topological polar surface area (TPSA) is 80.0 Å². The number of aromatic nitrogens is 1. The molecule has 0 unspecified atom stereocenters. The molecule has 0 bridgehead atoms. The summed E-state index contributed by atoms with van der Waals surface area (Å²) in [7, 11) is 0. The first-order valence-electron chi connectivity index (χ1n) is 5.71. The minimum absolute atomic E-state index is 0.242. The number of anilines is 2. The lowest BCUT2D eigenvalue weighted by molar-refractivity contribution is 0.102. The normalized spacial score (nSPS) is 10.2. The molecule has 1 aromatic carbocycles. The van der Waals surface area contributed by atoms with Crippen molar-refractivity contribution < 1.29 is 4.79 Å². The largest absolute Gasteiger partial charge is 0.320 e. The number of pyridine rings is 1. The summed E-state index contributed by atoms with van der Waals surface area (Å²) in [5, 5.41) is 2.84. The van der Waals surface area contributed by atoms with Gasteiger partial charge in [0.05, 0.1) is 5.69 Å². The number of hydrogen-bond donors (Lipinski definition) is 3. The lowest BCUT2D eigenvalue weighted by Crippen LogP contribution is -2.15. The van der Waals surface area contributed by atoms with Crippen LogP contribution in [0.2, 0.25) is 0 Å². The molecule has 4 N–H and O–H groups in total. The van der Waals surface area contributed by atoms with Gasteiger partial charge in [-0.2, -0.15) is 0 Å². The Hall–Kier alpha value is -1.44. The van der Waals surface area contributed by atoms with Crippen LogP contribution in [0.3, 0.4) is 0 Å². The third-order valence-electron chi connectivity index (χ3n) is 2.59. The zero-order valence-corrected chi connectivity index (χ0v) is 13.7. The van der Waals surface area contributed by atoms with Crippen molar-refractivity contribution in [2.75, 3.05) is 10.7 Å². The van der Waals surface area contributed by atoms with Crippen LogP contribution in [-0.2, 0) is 0 Å². The van der Waals surface area contributed by atoms with E-state index in [4.69, 9.17) is 5.84 Å². The highest BCUT2D eigenvalue weighted by Gasteiger charge is 2.12. The highest BCUT2D eigenvalue weighted by atomic mass is 79.9. The molecule has 1 amide bonds. The SMILES string of the molecule is Cc1cc(Br)c(NC(=O)c2ccnc(NN)c2)c(Br)c1. The van der Waals surface area contributed by atoms with Crippen LogP contribution in [0.1, 0.15) is 15.9 Å². The Bertz CT molecular complexity index is 638. The van der Waals surface area contributed by atoms with Gasteiger partial charge >= 0.3 is 0 Å². The fourth-order valence-electron chi connectivity index (χ4n) is 1.66. The molecule has 104 valence electrons. The van der Waals surface area contributed by atoms with Crippen molar-refractivity contribution in [2.24, 2.45) is 5.84 Å². The lowest BCUT2D eigenvalue weighted by atomic mass is 10.2. The number of nitrogens with one attached hydrogen (secondary N) is 2. The first-order chi connectivity index (χ1) is 9.51. The van der Waals surface area contributed by atoms with Crippen LogP contribution in [0, 0.1) is 6.92 Å². The highest BCUT2D eigenvalue weighted by molar-refractivity contribution is 9.11. The van der Waals surface area contributed by atoms with Crippen molar-refractivity contribution >= 4 is 49.3 Å². The molecule has 0 spiro atoms. The second kappa shape index (κ2) is 6.34. The van der Waals surface area contributed by atoms with Crippen LogP contribution in [0.4, 0.5) is 11.5 Å². The molecular weight excluding hydrogens is 388 g/mol. The molecule has 0 saturated carbocycles. The van der Waals surface area contributed by atoms with Crippen molar-refractivity contribution in [3.8, 4) is 0 Å². The number of amides is 1. The molecule has 20 heavy (non-hydrogen) atoms. The Labute approximate surface area is 133 Å². The Kier molecular flexibility index (Phi) is 4.74. The Morgan fingerprint density at radius 1 is 1.25 bits per heavy atom. The molecule has 0 fully saturated rings. The Morgan fingerprint density at radius 2 is 1.90 bits per heavy atom. The maximum atomic E-state index is 12.2. The van der Waals surface area contributed by atoms with Crippen LogP contribution in [0.5, 0.6) is 0 Å². The predicted octanol–water partition coefficient (Wildman–Crippen LogP) is 3.45. The molecule has 0 aliphatic carbocycles. The van der Waals surface area contributed by atoms with E-state index >= 15 is 0 Å². The number of rotatable bonds is 3. The van der Waals surface area contributed by atoms with Crippen LogP contribution < -0.4 is 16.6 Å². The van der Waals surface area contributed by atoms with E-state index in [0.29, 0.717) is 17.1 Å². The van der Waals surface area contributed by atoms with Gasteiger partial charge in [-0.1, -0.05) is 0 Å². The van der Waals surface area contributed by atoms with E-state index in [9.17, 15) is 4.79 Å². The number of nitrogens with two attached hydrogens (primary N) is 1. The minimum Gasteiger partial charge on any atom is -0.320 e. The first kappa shape index (κ1) is 15.0. The maximum absolute atomic E-state index is 12.2. The fourth-order valence-corrected chi connectivity index (χ4v) is 3.27. The van der Waals surface area contributed by atoms with E-state index in [1.165, 1.54) is 6.20 Å². The number of hydrazine groups is 1. The Balaban J connectivity index is 2.28. The van der Waals surface area contributed by atoms with Crippen molar-refractivity contribution in [3.63, 3.8) is 0 Å². The van der Waals surface area contributed by atoms with Gasteiger partial charge < -0.3 is 10.7 Å². The zero-order chi connectivity index (χ0) is 14.7. The van der Waals surface area contributed by atoms with Gasteiger partial charge in [0.2, 0.25) is 0 Å². The van der Waals surface area contributed by atoms with Gasteiger partial charge in [-0.15, -0.1) is 0 Å². The van der Waals surface area contributed by atoms with Crippen LogP contribution in [0.15, 0.2) is 39.4 Å². The third kappa shape index (κ3) is 3.36. The van der Waals surface area contributed by atoms with Gasteiger partial charge in [-0.3, -0.25) is 4.79 Å². The van der Waals surface area contributed by atoms with E-state index in [-0.39, 0.29) is 5.91 Å². The number of nitrogens with zero attached hydrogens (tertiary/aromatic N) is 1. The number of carbonyl (C=O) groups excluding carboxylic acids is 1. The Morgan fingerprint density at radius 3 is 2.50 bits per heavy atom. The van der Waals surface area contributed by atoms with E-state index in [1.807, 2.05) is 19.1 Å². The second-order valence-electron chi connectivity index (χ2n) is 4.13. The third-order valence-corrected chi connectivity index (χ3v) is 3.85. The summed E-state index contributed by atoms with van der Waals surface area (Å²) in [5.74, 6) is 5.47. The molecule has 5 nitrogen and oxygen atoms in total. The first-order valence-corrected chi connectivity index (χ1v) is 7.29. The predicted molar refractivity (Wildman–Crippen MR) is 86.6 cm³/mol. The van der Waals surface area contributed by atoms with Crippen molar-refractivity contribution in [1.29, 1.82) is 0 Å². The van der Waals surface area contributed by atoms with Gasteiger partial charge in [0.1, 0.15) is 5.82 Å². The molecule has 0 radical (unpaired) electrons. The molecule has 0 atom stereocenters. The smallest absolute Gasteiger partial charge is 0.255 e. The average Bonchev–Trinajstić information content (AvgIpc) is 2.42. The lowest BCUT2D eigenvalue weighted by Gasteiger charge is -2.11. The van der Waals surface area contributed by atoms with Crippen molar-refractivity contribution in [3.05, 3.63) is 50.5 Å². The van der Waals surface area contributed by atoms with Gasteiger partial charge in [0.25, 0.3) is 5.91 Å². The van der Waals surface area contributed by atoms with Gasteiger partial charge in [0.15, 0.2) is 0 Å². The molecule has 0 aliphatic heterocycles. The fraction of sp³-hybridized carbons (Fsp3) is 0.0769. The summed E-state index contributed by atoms with van der Waals surface area (Å²) in [6.07, 6.45) is 1.52. The maximum Gasteiger partial charge on any atom is 0.255 e. The summed E-state index contributed by atoms with van der Waals surface area (Å²) in [6, 6.07) is 7.05. The zero-order valence-electron chi connectivity index (χ0n) is 10.6. The summed E-state index contributed by atoms with van der Waals surface area (Å²) in [4.78, 5) is 16.2. The number of benzene rings is 1. The molecular formula is C13H12Br2N4O.